The largest absolute Gasteiger partial charge is 0.497 e. The first-order valence-corrected chi connectivity index (χ1v) is 10.1. The van der Waals surface area contributed by atoms with E-state index in [9.17, 15) is 14.4 Å². The molecule has 2 aliphatic rings. The molecule has 2 aromatic carbocycles. The lowest BCUT2D eigenvalue weighted by molar-refractivity contribution is -0.116. The average molecular weight is 408 g/mol. The van der Waals surface area contributed by atoms with Crippen molar-refractivity contribution in [1.82, 2.24) is 4.90 Å². The Kier molecular flexibility index (Phi) is 5.81. The van der Waals surface area contributed by atoms with Crippen molar-refractivity contribution in [3.63, 3.8) is 0 Å². The highest BCUT2D eigenvalue weighted by molar-refractivity contribution is 6.21. The summed E-state index contributed by atoms with van der Waals surface area (Å²) in [5.74, 6) is -0.0180. The monoisotopic (exact) mass is 408 g/mol. The Balaban J connectivity index is 1.37. The Morgan fingerprint density at radius 1 is 1.13 bits per heavy atom. The third-order valence-electron chi connectivity index (χ3n) is 5.46. The number of carbonyl (C=O) groups excluding carboxylic acids is 3. The molecule has 0 radical (unpaired) electrons. The van der Waals surface area contributed by atoms with Crippen LogP contribution in [0, 0.1) is 0 Å². The van der Waals surface area contributed by atoms with Crippen molar-refractivity contribution in [2.75, 3.05) is 25.6 Å². The van der Waals surface area contributed by atoms with Gasteiger partial charge in [0.2, 0.25) is 5.91 Å². The zero-order chi connectivity index (χ0) is 21.1. The Bertz CT molecular complexity index is 964. The molecule has 0 aromatic heterocycles. The number of amides is 3. The number of nitrogens with zero attached hydrogens (tertiary/aromatic N) is 1. The SMILES string of the molecule is COc1ccc(CCC(=O)Nc2ccc3c(c2)C(=O)N(CC2CCCO2)C3=O)cc1. The number of imide groups is 1. The van der Waals surface area contributed by atoms with E-state index in [0.29, 0.717) is 36.3 Å². The topological polar surface area (TPSA) is 84.9 Å². The molecular weight excluding hydrogens is 384 g/mol. The van der Waals surface area contributed by atoms with E-state index < -0.39 is 0 Å². The summed E-state index contributed by atoms with van der Waals surface area (Å²) in [6, 6.07) is 12.4. The van der Waals surface area contributed by atoms with Gasteiger partial charge in [-0.3, -0.25) is 19.3 Å². The lowest BCUT2D eigenvalue weighted by atomic mass is 10.1. The van der Waals surface area contributed by atoms with Crippen LogP contribution in [-0.4, -0.2) is 49.0 Å². The third kappa shape index (κ3) is 4.21. The molecule has 1 unspecified atom stereocenters. The average Bonchev–Trinajstić information content (AvgIpc) is 3.36. The van der Waals surface area contributed by atoms with Gasteiger partial charge in [-0.1, -0.05) is 12.1 Å². The molecule has 0 saturated carbocycles. The van der Waals surface area contributed by atoms with Crippen LogP contribution in [0.2, 0.25) is 0 Å². The Morgan fingerprint density at radius 2 is 1.90 bits per heavy atom. The maximum Gasteiger partial charge on any atom is 0.261 e. The van der Waals surface area contributed by atoms with Crippen molar-refractivity contribution in [3.8, 4) is 5.75 Å². The molecule has 2 heterocycles. The summed E-state index contributed by atoms with van der Waals surface area (Å²) >= 11 is 0. The van der Waals surface area contributed by atoms with Crippen LogP contribution in [0.3, 0.4) is 0 Å². The van der Waals surface area contributed by atoms with Crippen LogP contribution in [0.1, 0.15) is 45.5 Å². The maximum absolute atomic E-state index is 12.7. The molecule has 0 bridgehead atoms. The molecule has 3 amide bonds. The van der Waals surface area contributed by atoms with Crippen LogP contribution in [0.5, 0.6) is 5.75 Å². The van der Waals surface area contributed by atoms with Gasteiger partial charge in [-0.25, -0.2) is 0 Å². The van der Waals surface area contributed by atoms with Crippen molar-refractivity contribution in [2.24, 2.45) is 0 Å². The highest BCUT2D eigenvalue weighted by Crippen LogP contribution is 2.27. The molecule has 1 N–H and O–H groups in total. The van der Waals surface area contributed by atoms with Crippen LogP contribution in [0.25, 0.3) is 0 Å². The second-order valence-electron chi connectivity index (χ2n) is 7.51. The number of carbonyl (C=O) groups is 3. The van der Waals surface area contributed by atoms with Gasteiger partial charge in [0, 0.05) is 18.7 Å². The minimum Gasteiger partial charge on any atom is -0.497 e. The van der Waals surface area contributed by atoms with E-state index in [4.69, 9.17) is 9.47 Å². The van der Waals surface area contributed by atoms with E-state index in [0.717, 1.165) is 24.2 Å². The maximum atomic E-state index is 12.7. The lowest BCUT2D eigenvalue weighted by Crippen LogP contribution is -2.36. The Morgan fingerprint density at radius 3 is 2.60 bits per heavy atom. The lowest BCUT2D eigenvalue weighted by Gasteiger charge is -2.17. The molecule has 2 aliphatic heterocycles. The fourth-order valence-corrected chi connectivity index (χ4v) is 3.80. The number of ether oxygens (including phenoxy) is 2. The van der Waals surface area contributed by atoms with Gasteiger partial charge < -0.3 is 14.8 Å². The number of hydrogen-bond acceptors (Lipinski definition) is 5. The summed E-state index contributed by atoms with van der Waals surface area (Å²) in [6.07, 6.45) is 2.60. The standard InChI is InChI=1S/C23H24N2O5/c1-29-17-8-4-15(5-9-17)6-11-21(26)24-16-7-10-19-20(13-16)23(28)25(22(19)27)14-18-3-2-12-30-18/h4-5,7-10,13,18H,2-3,6,11-12,14H2,1H3,(H,24,26). The van der Waals surface area contributed by atoms with Crippen LogP contribution >= 0.6 is 0 Å². The molecule has 30 heavy (non-hydrogen) atoms. The predicted molar refractivity (Wildman–Crippen MR) is 111 cm³/mol. The molecule has 7 heteroatoms. The second kappa shape index (κ2) is 8.67. The van der Waals surface area contributed by atoms with Crippen LogP contribution in [0.15, 0.2) is 42.5 Å². The number of anilines is 1. The van der Waals surface area contributed by atoms with Gasteiger partial charge in [0.25, 0.3) is 11.8 Å². The van der Waals surface area contributed by atoms with Crippen molar-refractivity contribution in [2.45, 2.75) is 31.8 Å². The zero-order valence-corrected chi connectivity index (χ0v) is 16.8. The van der Waals surface area contributed by atoms with Gasteiger partial charge in [-0.15, -0.1) is 0 Å². The number of rotatable bonds is 7. The number of fused-ring (bicyclic) bond motifs is 1. The van der Waals surface area contributed by atoms with Crippen LogP contribution in [-0.2, 0) is 16.0 Å². The number of benzene rings is 2. The fraction of sp³-hybridized carbons (Fsp3) is 0.348. The Hall–Kier alpha value is -3.19. The van der Waals surface area contributed by atoms with E-state index in [-0.39, 0.29) is 30.4 Å². The molecule has 4 rings (SSSR count). The summed E-state index contributed by atoms with van der Waals surface area (Å²) in [4.78, 5) is 38.9. The van der Waals surface area contributed by atoms with Gasteiger partial charge in [-0.05, 0) is 55.2 Å². The predicted octanol–water partition coefficient (Wildman–Crippen LogP) is 3.04. The van der Waals surface area contributed by atoms with Crippen molar-refractivity contribution in [1.29, 1.82) is 0 Å². The number of nitrogens with one attached hydrogen (secondary N) is 1. The van der Waals surface area contributed by atoms with E-state index in [1.54, 1.807) is 25.3 Å². The first-order chi connectivity index (χ1) is 14.5. The highest BCUT2D eigenvalue weighted by Gasteiger charge is 2.37. The number of hydrogen-bond donors (Lipinski definition) is 1. The minimum absolute atomic E-state index is 0.0932. The van der Waals surface area contributed by atoms with E-state index >= 15 is 0 Å². The summed E-state index contributed by atoms with van der Waals surface area (Å²) < 4.78 is 10.7. The third-order valence-corrected chi connectivity index (χ3v) is 5.46. The van der Waals surface area contributed by atoms with Gasteiger partial charge in [0.1, 0.15) is 5.75 Å². The van der Waals surface area contributed by atoms with Crippen molar-refractivity contribution >= 4 is 23.4 Å². The minimum atomic E-state index is -0.333. The molecule has 156 valence electrons. The summed E-state index contributed by atoms with van der Waals surface area (Å²) in [5.41, 5.74) is 2.24. The van der Waals surface area contributed by atoms with Crippen LogP contribution < -0.4 is 10.1 Å². The molecule has 0 aliphatic carbocycles. The quantitative estimate of drug-likeness (QED) is 0.712. The van der Waals surface area contributed by atoms with E-state index in [1.807, 2.05) is 24.3 Å². The molecule has 7 nitrogen and oxygen atoms in total. The molecule has 1 fully saturated rings. The first-order valence-electron chi connectivity index (χ1n) is 10.1. The van der Waals surface area contributed by atoms with Gasteiger partial charge >= 0.3 is 0 Å². The smallest absolute Gasteiger partial charge is 0.261 e. The van der Waals surface area contributed by atoms with Gasteiger partial charge in [0.05, 0.1) is 30.9 Å². The second-order valence-corrected chi connectivity index (χ2v) is 7.51. The first kappa shape index (κ1) is 20.1. The molecule has 1 atom stereocenters. The molecule has 0 spiro atoms. The van der Waals surface area contributed by atoms with Gasteiger partial charge in [-0.2, -0.15) is 0 Å². The zero-order valence-electron chi connectivity index (χ0n) is 16.8. The fourth-order valence-electron chi connectivity index (χ4n) is 3.80. The van der Waals surface area contributed by atoms with E-state index in [1.165, 1.54) is 4.90 Å². The number of methoxy groups -OCH3 is 1. The van der Waals surface area contributed by atoms with Crippen molar-refractivity contribution in [3.05, 3.63) is 59.2 Å². The number of aryl methyl sites for hydroxylation is 1. The molecule has 2 aromatic rings. The van der Waals surface area contributed by atoms with Crippen LogP contribution in [0.4, 0.5) is 5.69 Å². The van der Waals surface area contributed by atoms with Gasteiger partial charge in [0.15, 0.2) is 0 Å². The normalized spacial score (nSPS) is 17.9. The molecular formula is C23H24N2O5. The summed E-state index contributed by atoms with van der Waals surface area (Å²) in [6.45, 7) is 0.941. The summed E-state index contributed by atoms with van der Waals surface area (Å²) in [5, 5.41) is 2.82. The van der Waals surface area contributed by atoms with Crippen molar-refractivity contribution < 1.29 is 23.9 Å². The Labute approximate surface area is 175 Å². The highest BCUT2D eigenvalue weighted by atomic mass is 16.5. The molecule has 1 saturated heterocycles. The van der Waals surface area contributed by atoms with E-state index in [2.05, 4.69) is 5.32 Å². The summed E-state index contributed by atoms with van der Waals surface area (Å²) in [7, 11) is 1.61.